The number of aromatic nitrogens is 3. The highest BCUT2D eigenvalue weighted by Gasteiger charge is 2.12. The lowest BCUT2D eigenvalue weighted by Crippen LogP contribution is -1.95. The van der Waals surface area contributed by atoms with Crippen molar-refractivity contribution in [3.63, 3.8) is 0 Å². The van der Waals surface area contributed by atoms with Crippen LogP contribution in [0.5, 0.6) is 0 Å². The lowest BCUT2D eigenvalue weighted by atomic mass is 10.0. The van der Waals surface area contributed by atoms with Gasteiger partial charge in [-0.25, -0.2) is 4.98 Å². The average Bonchev–Trinajstić information content (AvgIpc) is 2.54. The van der Waals surface area contributed by atoms with Crippen molar-refractivity contribution in [1.29, 1.82) is 0 Å². The first kappa shape index (κ1) is 13.9. The Morgan fingerprint density at radius 3 is 2.64 bits per heavy atom. The number of nitrogens with zero attached hydrogens (tertiary/aromatic N) is 4. The fourth-order valence-electron chi connectivity index (χ4n) is 2.22. The lowest BCUT2D eigenvalue weighted by Gasteiger charge is -2.07. The third kappa shape index (κ3) is 2.44. The Morgan fingerprint density at radius 2 is 1.91 bits per heavy atom. The highest BCUT2D eigenvalue weighted by Crippen LogP contribution is 2.28. The molecule has 0 aromatic carbocycles. The SMILES string of the molecule is CNc1cc2ncc(-c3cc([N+](=O)[O-])cnc3C)cc2cn1. The molecule has 0 radical (unpaired) electrons. The van der Waals surface area contributed by atoms with Crippen LogP contribution in [0.3, 0.4) is 0 Å². The van der Waals surface area contributed by atoms with Crippen LogP contribution >= 0.6 is 0 Å². The molecule has 0 bridgehead atoms. The first-order chi connectivity index (χ1) is 10.6. The number of hydrogen-bond acceptors (Lipinski definition) is 6. The Bertz CT molecular complexity index is 879. The summed E-state index contributed by atoms with van der Waals surface area (Å²) in [5.41, 5.74) is 2.96. The molecule has 7 nitrogen and oxygen atoms in total. The molecular weight excluding hydrogens is 282 g/mol. The quantitative estimate of drug-likeness (QED) is 0.589. The van der Waals surface area contributed by atoms with E-state index in [0.29, 0.717) is 11.3 Å². The smallest absolute Gasteiger partial charge is 0.288 e. The van der Waals surface area contributed by atoms with Crippen LogP contribution in [0.1, 0.15) is 5.69 Å². The van der Waals surface area contributed by atoms with Crippen molar-refractivity contribution in [2.45, 2.75) is 6.92 Å². The Morgan fingerprint density at radius 1 is 1.09 bits per heavy atom. The lowest BCUT2D eigenvalue weighted by molar-refractivity contribution is -0.385. The van der Waals surface area contributed by atoms with Crippen molar-refractivity contribution in [1.82, 2.24) is 15.0 Å². The summed E-state index contributed by atoms with van der Waals surface area (Å²) in [4.78, 5) is 23.2. The Labute approximate surface area is 126 Å². The minimum Gasteiger partial charge on any atom is -0.373 e. The molecule has 3 aromatic heterocycles. The van der Waals surface area contributed by atoms with Crippen LogP contribution in [0, 0.1) is 17.0 Å². The van der Waals surface area contributed by atoms with E-state index in [1.165, 1.54) is 12.3 Å². The normalized spacial score (nSPS) is 10.6. The van der Waals surface area contributed by atoms with E-state index in [9.17, 15) is 10.1 Å². The van der Waals surface area contributed by atoms with Gasteiger partial charge in [-0.1, -0.05) is 0 Å². The third-order valence-electron chi connectivity index (χ3n) is 3.42. The van der Waals surface area contributed by atoms with E-state index in [2.05, 4.69) is 20.3 Å². The Hall–Kier alpha value is -3.09. The molecule has 3 aromatic rings. The first-order valence-corrected chi connectivity index (χ1v) is 6.63. The minimum absolute atomic E-state index is 0.0376. The van der Waals surface area contributed by atoms with Gasteiger partial charge in [-0.3, -0.25) is 20.1 Å². The molecule has 3 rings (SSSR count). The van der Waals surface area contributed by atoms with Crippen LogP contribution in [0.15, 0.2) is 36.8 Å². The largest absolute Gasteiger partial charge is 0.373 e. The van der Waals surface area contributed by atoms with E-state index in [-0.39, 0.29) is 5.69 Å². The van der Waals surface area contributed by atoms with Gasteiger partial charge in [0, 0.05) is 53.8 Å². The summed E-state index contributed by atoms with van der Waals surface area (Å²) < 4.78 is 0. The zero-order valence-corrected chi connectivity index (χ0v) is 12.1. The third-order valence-corrected chi connectivity index (χ3v) is 3.42. The number of nitrogens with one attached hydrogen (secondary N) is 1. The van der Waals surface area contributed by atoms with Crippen molar-refractivity contribution in [3.05, 3.63) is 52.6 Å². The predicted molar refractivity (Wildman–Crippen MR) is 83.7 cm³/mol. The van der Waals surface area contributed by atoms with Crippen molar-refractivity contribution >= 4 is 22.4 Å². The number of hydrogen-bond donors (Lipinski definition) is 1. The summed E-state index contributed by atoms with van der Waals surface area (Å²) >= 11 is 0. The average molecular weight is 295 g/mol. The summed E-state index contributed by atoms with van der Waals surface area (Å²) in [5.74, 6) is 0.737. The van der Waals surface area contributed by atoms with Gasteiger partial charge in [-0.15, -0.1) is 0 Å². The molecule has 0 saturated carbocycles. The molecule has 22 heavy (non-hydrogen) atoms. The first-order valence-electron chi connectivity index (χ1n) is 6.63. The predicted octanol–water partition coefficient (Wildman–Crippen LogP) is 2.95. The van der Waals surface area contributed by atoms with Gasteiger partial charge >= 0.3 is 0 Å². The summed E-state index contributed by atoms with van der Waals surface area (Å²) in [6, 6.07) is 5.26. The van der Waals surface area contributed by atoms with Gasteiger partial charge in [0.1, 0.15) is 12.0 Å². The van der Waals surface area contributed by atoms with E-state index in [1.807, 2.05) is 19.1 Å². The molecule has 0 amide bonds. The maximum atomic E-state index is 10.9. The highest BCUT2D eigenvalue weighted by atomic mass is 16.6. The minimum atomic E-state index is -0.453. The van der Waals surface area contributed by atoms with E-state index < -0.39 is 4.92 Å². The topological polar surface area (TPSA) is 93.8 Å². The van der Waals surface area contributed by atoms with E-state index in [1.54, 1.807) is 19.4 Å². The van der Waals surface area contributed by atoms with Crippen LogP contribution in [-0.2, 0) is 0 Å². The second kappa shape index (κ2) is 5.36. The monoisotopic (exact) mass is 295 g/mol. The summed E-state index contributed by atoms with van der Waals surface area (Å²) in [7, 11) is 1.79. The number of aryl methyl sites for hydroxylation is 1. The zero-order valence-electron chi connectivity index (χ0n) is 12.1. The second-order valence-electron chi connectivity index (χ2n) is 4.82. The van der Waals surface area contributed by atoms with Crippen molar-refractivity contribution in [3.8, 4) is 11.1 Å². The van der Waals surface area contributed by atoms with Crippen molar-refractivity contribution in [2.75, 3.05) is 12.4 Å². The summed E-state index contributed by atoms with van der Waals surface area (Å²) in [5, 5.41) is 14.7. The number of pyridine rings is 3. The molecule has 0 aliphatic heterocycles. The van der Waals surface area contributed by atoms with Crippen LogP contribution in [0.2, 0.25) is 0 Å². The molecule has 0 aliphatic rings. The summed E-state index contributed by atoms with van der Waals surface area (Å²) in [6.45, 7) is 1.81. The van der Waals surface area contributed by atoms with Gasteiger partial charge in [0.2, 0.25) is 0 Å². The number of fused-ring (bicyclic) bond motifs is 1. The molecule has 3 heterocycles. The molecule has 0 aliphatic carbocycles. The summed E-state index contributed by atoms with van der Waals surface area (Å²) in [6.07, 6.45) is 4.67. The number of rotatable bonds is 3. The van der Waals surface area contributed by atoms with Gasteiger partial charge in [-0.2, -0.15) is 0 Å². The maximum Gasteiger partial charge on any atom is 0.288 e. The fourth-order valence-corrected chi connectivity index (χ4v) is 2.22. The van der Waals surface area contributed by atoms with Gasteiger partial charge in [0.15, 0.2) is 0 Å². The molecule has 0 spiro atoms. The highest BCUT2D eigenvalue weighted by molar-refractivity contribution is 5.85. The molecule has 0 atom stereocenters. The van der Waals surface area contributed by atoms with Crippen LogP contribution < -0.4 is 5.32 Å². The van der Waals surface area contributed by atoms with Crippen molar-refractivity contribution in [2.24, 2.45) is 0 Å². The Kier molecular flexibility index (Phi) is 3.38. The molecule has 7 heteroatoms. The van der Waals surface area contributed by atoms with Crippen LogP contribution in [-0.4, -0.2) is 26.9 Å². The van der Waals surface area contributed by atoms with Crippen molar-refractivity contribution < 1.29 is 4.92 Å². The van der Waals surface area contributed by atoms with E-state index >= 15 is 0 Å². The van der Waals surface area contributed by atoms with Gasteiger partial charge in [0.25, 0.3) is 5.69 Å². The van der Waals surface area contributed by atoms with Crippen LogP contribution in [0.4, 0.5) is 11.5 Å². The number of anilines is 1. The fraction of sp³-hybridized carbons (Fsp3) is 0.133. The van der Waals surface area contributed by atoms with E-state index in [0.717, 1.165) is 22.3 Å². The van der Waals surface area contributed by atoms with Gasteiger partial charge in [-0.05, 0) is 13.0 Å². The molecule has 0 unspecified atom stereocenters. The van der Waals surface area contributed by atoms with Gasteiger partial charge in [0.05, 0.1) is 10.4 Å². The number of nitro groups is 1. The van der Waals surface area contributed by atoms with Crippen LogP contribution in [0.25, 0.3) is 22.0 Å². The van der Waals surface area contributed by atoms with Gasteiger partial charge < -0.3 is 5.32 Å². The van der Waals surface area contributed by atoms with E-state index in [4.69, 9.17) is 0 Å². The molecule has 0 saturated heterocycles. The second-order valence-corrected chi connectivity index (χ2v) is 4.82. The molecule has 110 valence electrons. The molecule has 1 N–H and O–H groups in total. The molecule has 0 fully saturated rings. The molecular formula is C15H13N5O2. The Balaban J connectivity index is 2.14. The maximum absolute atomic E-state index is 10.9. The standard InChI is InChI=1S/C15H13N5O2/c1-9-13(4-12(8-17-9)20(21)22)10-3-11-7-19-15(16-2)5-14(11)18-6-10/h3-8H,1-2H3,(H,16,19). The zero-order chi connectivity index (χ0) is 15.7.